The third kappa shape index (κ3) is 3.50. The SMILES string of the molecule is COc1ccc(Cl)c(/C(O)=C2\C(=O)C(=O)N(c3nc4ccccc4[nH]3)C2c2cccc(C)c2)c1. The molecule has 1 aliphatic rings. The monoisotopic (exact) mass is 473 g/mol. The van der Waals surface area contributed by atoms with Crippen LogP contribution in [0, 0.1) is 6.92 Å². The van der Waals surface area contributed by atoms with Crippen LogP contribution in [-0.4, -0.2) is 33.9 Å². The van der Waals surface area contributed by atoms with Crippen molar-refractivity contribution in [2.45, 2.75) is 13.0 Å². The number of carbonyl (C=O) groups is 2. The number of rotatable bonds is 4. The Bertz CT molecular complexity index is 1460. The summed E-state index contributed by atoms with van der Waals surface area (Å²) in [6.07, 6.45) is 0. The van der Waals surface area contributed by atoms with Gasteiger partial charge in [-0.05, 0) is 42.8 Å². The van der Waals surface area contributed by atoms with Crippen LogP contribution >= 0.6 is 11.6 Å². The van der Waals surface area contributed by atoms with E-state index in [0.29, 0.717) is 16.8 Å². The number of aliphatic hydroxyl groups excluding tert-OH is 1. The summed E-state index contributed by atoms with van der Waals surface area (Å²) in [5.74, 6) is -1.35. The van der Waals surface area contributed by atoms with Crippen LogP contribution in [0.1, 0.15) is 22.7 Å². The molecule has 0 radical (unpaired) electrons. The minimum atomic E-state index is -0.914. The van der Waals surface area contributed by atoms with Gasteiger partial charge in [-0.1, -0.05) is 53.6 Å². The van der Waals surface area contributed by atoms with Crippen molar-refractivity contribution < 1.29 is 19.4 Å². The summed E-state index contributed by atoms with van der Waals surface area (Å²) < 4.78 is 5.25. The van der Waals surface area contributed by atoms with E-state index < -0.39 is 17.7 Å². The number of ketones is 1. The fraction of sp³-hybridized carbons (Fsp3) is 0.115. The maximum Gasteiger partial charge on any atom is 0.302 e. The number of aromatic amines is 1. The van der Waals surface area contributed by atoms with Gasteiger partial charge in [-0.15, -0.1) is 0 Å². The van der Waals surface area contributed by atoms with Crippen molar-refractivity contribution in [3.63, 3.8) is 0 Å². The third-order valence-electron chi connectivity index (χ3n) is 5.84. The Morgan fingerprint density at radius 2 is 1.88 bits per heavy atom. The van der Waals surface area contributed by atoms with Gasteiger partial charge in [-0.25, -0.2) is 4.98 Å². The largest absolute Gasteiger partial charge is 0.507 e. The van der Waals surface area contributed by atoms with Gasteiger partial charge in [0.2, 0.25) is 5.95 Å². The van der Waals surface area contributed by atoms with Crippen molar-refractivity contribution in [1.82, 2.24) is 9.97 Å². The van der Waals surface area contributed by atoms with E-state index >= 15 is 0 Å². The standard InChI is InChI=1S/C26H20ClN3O4/c1-14-6-5-7-15(12-14)22-21(23(31)17-13-16(34-2)10-11-18(17)27)24(32)25(33)30(22)26-28-19-8-3-4-9-20(19)29-26/h3-13,22,31H,1-2H3,(H,28,29)/b23-21+. The Kier molecular flexibility index (Phi) is 5.34. The Labute approximate surface area is 200 Å². The van der Waals surface area contributed by atoms with Gasteiger partial charge in [-0.2, -0.15) is 0 Å². The highest BCUT2D eigenvalue weighted by molar-refractivity contribution is 6.51. The molecule has 0 bridgehead atoms. The number of aliphatic hydroxyl groups is 1. The summed E-state index contributed by atoms with van der Waals surface area (Å²) in [6.45, 7) is 1.91. The van der Waals surface area contributed by atoms with E-state index in [-0.39, 0.29) is 27.9 Å². The number of amides is 1. The summed E-state index contributed by atoms with van der Waals surface area (Å²) in [5.41, 5.74) is 3.08. The molecule has 7 nitrogen and oxygen atoms in total. The van der Waals surface area contributed by atoms with E-state index in [1.165, 1.54) is 18.1 Å². The van der Waals surface area contributed by atoms with Gasteiger partial charge in [-0.3, -0.25) is 14.5 Å². The minimum absolute atomic E-state index is 0.0776. The molecule has 5 rings (SSSR count). The zero-order valence-electron chi connectivity index (χ0n) is 18.4. The van der Waals surface area contributed by atoms with E-state index in [9.17, 15) is 14.7 Å². The summed E-state index contributed by atoms with van der Waals surface area (Å²) in [6, 6.07) is 18.6. The number of ether oxygens (including phenoxy) is 1. The van der Waals surface area contributed by atoms with Crippen LogP contribution in [-0.2, 0) is 9.59 Å². The van der Waals surface area contributed by atoms with Gasteiger partial charge in [0.1, 0.15) is 11.5 Å². The lowest BCUT2D eigenvalue weighted by molar-refractivity contribution is -0.132. The number of benzene rings is 3. The summed E-state index contributed by atoms with van der Waals surface area (Å²) in [4.78, 5) is 35.6. The molecule has 2 heterocycles. The lowest BCUT2D eigenvalue weighted by Gasteiger charge is -2.23. The van der Waals surface area contributed by atoms with E-state index in [2.05, 4.69) is 9.97 Å². The molecule has 34 heavy (non-hydrogen) atoms. The Morgan fingerprint density at radius 1 is 1.09 bits per heavy atom. The molecule has 1 atom stereocenters. The quantitative estimate of drug-likeness (QED) is 0.242. The molecule has 2 N–H and O–H groups in total. The highest BCUT2D eigenvalue weighted by Gasteiger charge is 2.48. The summed E-state index contributed by atoms with van der Waals surface area (Å²) in [5, 5.41) is 11.5. The number of hydrogen-bond donors (Lipinski definition) is 2. The number of carbonyl (C=O) groups excluding carboxylic acids is 2. The molecule has 1 fully saturated rings. The second kappa shape index (κ2) is 8.35. The fourth-order valence-electron chi connectivity index (χ4n) is 4.22. The molecule has 1 aliphatic heterocycles. The molecule has 0 spiro atoms. The Hall–Kier alpha value is -4.10. The van der Waals surface area contributed by atoms with E-state index in [1.807, 2.05) is 49.4 Å². The molecule has 1 aromatic heterocycles. The zero-order valence-corrected chi connectivity index (χ0v) is 19.1. The van der Waals surface area contributed by atoms with Crippen molar-refractivity contribution >= 4 is 46.0 Å². The molecule has 170 valence electrons. The van der Waals surface area contributed by atoms with Crippen LogP contribution in [0.3, 0.4) is 0 Å². The fourth-order valence-corrected chi connectivity index (χ4v) is 4.42. The van der Waals surface area contributed by atoms with Gasteiger partial charge in [0, 0.05) is 5.56 Å². The lowest BCUT2D eigenvalue weighted by Crippen LogP contribution is -2.30. The van der Waals surface area contributed by atoms with Gasteiger partial charge in [0.05, 0.1) is 34.8 Å². The molecule has 1 amide bonds. The highest BCUT2D eigenvalue weighted by Crippen LogP contribution is 2.43. The molecule has 1 unspecified atom stereocenters. The second-order valence-corrected chi connectivity index (χ2v) is 8.41. The minimum Gasteiger partial charge on any atom is -0.507 e. The lowest BCUT2D eigenvalue weighted by atomic mass is 9.94. The van der Waals surface area contributed by atoms with Crippen molar-refractivity contribution in [2.24, 2.45) is 0 Å². The van der Waals surface area contributed by atoms with Gasteiger partial charge in [0.15, 0.2) is 0 Å². The molecule has 8 heteroatoms. The first kappa shape index (κ1) is 21.7. The van der Waals surface area contributed by atoms with Crippen molar-refractivity contribution in [3.8, 4) is 5.75 Å². The molecule has 0 aliphatic carbocycles. The maximum atomic E-state index is 13.3. The predicted octanol–water partition coefficient (Wildman–Crippen LogP) is 5.16. The van der Waals surface area contributed by atoms with Crippen molar-refractivity contribution in [1.29, 1.82) is 0 Å². The molecule has 0 saturated carbocycles. The second-order valence-electron chi connectivity index (χ2n) is 8.01. The third-order valence-corrected chi connectivity index (χ3v) is 6.17. The number of methoxy groups -OCH3 is 1. The topological polar surface area (TPSA) is 95.5 Å². The van der Waals surface area contributed by atoms with Crippen LogP contribution < -0.4 is 9.64 Å². The molecule has 1 saturated heterocycles. The van der Waals surface area contributed by atoms with Gasteiger partial charge < -0.3 is 14.8 Å². The number of hydrogen-bond acceptors (Lipinski definition) is 5. The Morgan fingerprint density at radius 3 is 2.62 bits per heavy atom. The smallest absolute Gasteiger partial charge is 0.302 e. The Balaban J connectivity index is 1.76. The van der Waals surface area contributed by atoms with Crippen molar-refractivity contribution in [2.75, 3.05) is 12.0 Å². The molecule has 3 aromatic carbocycles. The van der Waals surface area contributed by atoms with Crippen LogP contribution in [0.4, 0.5) is 5.95 Å². The number of imidazole rings is 1. The zero-order chi connectivity index (χ0) is 24.0. The normalized spacial score (nSPS) is 17.5. The van der Waals surface area contributed by atoms with Gasteiger partial charge in [0.25, 0.3) is 5.78 Å². The highest BCUT2D eigenvalue weighted by atomic mass is 35.5. The van der Waals surface area contributed by atoms with Crippen molar-refractivity contribution in [3.05, 3.63) is 94.0 Å². The number of nitrogens with zero attached hydrogens (tertiary/aromatic N) is 2. The average Bonchev–Trinajstić information content (AvgIpc) is 3.37. The first-order valence-corrected chi connectivity index (χ1v) is 10.9. The molecule has 4 aromatic rings. The number of halogens is 1. The molecular formula is C26H20ClN3O4. The van der Waals surface area contributed by atoms with E-state index in [4.69, 9.17) is 16.3 Å². The number of H-pyrrole nitrogens is 1. The average molecular weight is 474 g/mol. The number of nitrogens with one attached hydrogen (secondary N) is 1. The van der Waals surface area contributed by atoms with E-state index in [0.717, 1.165) is 11.1 Å². The number of para-hydroxylation sites is 2. The maximum absolute atomic E-state index is 13.3. The van der Waals surface area contributed by atoms with Gasteiger partial charge >= 0.3 is 5.91 Å². The number of aryl methyl sites for hydroxylation is 1. The van der Waals surface area contributed by atoms with Crippen LogP contribution in [0.2, 0.25) is 5.02 Å². The first-order valence-electron chi connectivity index (χ1n) is 10.5. The number of anilines is 1. The number of fused-ring (bicyclic) bond motifs is 1. The molecular weight excluding hydrogens is 454 g/mol. The summed E-state index contributed by atoms with van der Waals surface area (Å²) in [7, 11) is 1.49. The number of Topliss-reactive ketones (excluding diaryl/α,β-unsaturated/α-hetero) is 1. The summed E-state index contributed by atoms with van der Waals surface area (Å²) >= 11 is 6.36. The van der Waals surface area contributed by atoms with Crippen LogP contribution in [0.25, 0.3) is 16.8 Å². The van der Waals surface area contributed by atoms with E-state index in [1.54, 1.807) is 18.2 Å². The number of aromatic nitrogens is 2. The van der Waals surface area contributed by atoms with Crippen LogP contribution in [0.15, 0.2) is 72.3 Å². The van der Waals surface area contributed by atoms with Crippen LogP contribution in [0.5, 0.6) is 5.75 Å². The first-order chi connectivity index (χ1) is 16.4. The predicted molar refractivity (Wildman–Crippen MR) is 130 cm³/mol.